The second-order valence-corrected chi connectivity index (χ2v) is 7.07. The molecule has 1 unspecified atom stereocenters. The van der Waals surface area contributed by atoms with E-state index in [-0.39, 0.29) is 24.4 Å². The molecule has 2 aromatic rings. The number of thiophene rings is 1. The summed E-state index contributed by atoms with van der Waals surface area (Å²) in [5, 5.41) is 7.94. The predicted octanol–water partition coefficient (Wildman–Crippen LogP) is 0.995. The summed E-state index contributed by atoms with van der Waals surface area (Å²) in [6, 6.07) is 13.8. The Bertz CT molecular complexity index is 659. The van der Waals surface area contributed by atoms with E-state index < -0.39 is 0 Å². The van der Waals surface area contributed by atoms with Gasteiger partial charge in [-0.1, -0.05) is 43.3 Å². The SMILES string of the molecule is CCCNC(=O)C[NH+](C)CC(=O)N[C@@H](c1ccccc1)c1cccs1. The van der Waals surface area contributed by atoms with E-state index in [0.29, 0.717) is 13.1 Å². The summed E-state index contributed by atoms with van der Waals surface area (Å²) in [4.78, 5) is 26.2. The number of amides is 2. The molecular formula is C19H26N3O2S+. The van der Waals surface area contributed by atoms with Gasteiger partial charge in [0.1, 0.15) is 0 Å². The van der Waals surface area contributed by atoms with Gasteiger partial charge in [0, 0.05) is 11.4 Å². The maximum absolute atomic E-state index is 12.5. The van der Waals surface area contributed by atoms with Gasteiger partial charge in [-0.3, -0.25) is 9.59 Å². The molecule has 0 radical (unpaired) electrons. The fourth-order valence-corrected chi connectivity index (χ4v) is 3.37. The van der Waals surface area contributed by atoms with Crippen molar-refractivity contribution in [3.8, 4) is 0 Å². The van der Waals surface area contributed by atoms with Gasteiger partial charge in [-0.05, 0) is 23.4 Å². The lowest BCUT2D eigenvalue weighted by atomic mass is 10.1. The molecule has 0 bridgehead atoms. The van der Waals surface area contributed by atoms with Gasteiger partial charge in [-0.25, -0.2) is 0 Å². The fraction of sp³-hybridized carbons (Fsp3) is 0.368. The van der Waals surface area contributed by atoms with Crippen molar-refractivity contribution in [2.24, 2.45) is 0 Å². The Hall–Kier alpha value is -2.18. The Morgan fingerprint density at radius 2 is 1.80 bits per heavy atom. The van der Waals surface area contributed by atoms with Crippen molar-refractivity contribution in [1.29, 1.82) is 0 Å². The number of rotatable bonds is 9. The van der Waals surface area contributed by atoms with Crippen LogP contribution in [-0.2, 0) is 9.59 Å². The van der Waals surface area contributed by atoms with Crippen molar-refractivity contribution in [2.75, 3.05) is 26.7 Å². The summed E-state index contributed by atoms with van der Waals surface area (Å²) in [6.07, 6.45) is 0.908. The van der Waals surface area contributed by atoms with Crippen LogP contribution < -0.4 is 15.5 Å². The molecule has 1 heterocycles. The van der Waals surface area contributed by atoms with Crippen LogP contribution in [0.5, 0.6) is 0 Å². The molecule has 134 valence electrons. The zero-order valence-electron chi connectivity index (χ0n) is 14.7. The summed E-state index contributed by atoms with van der Waals surface area (Å²) in [6.45, 7) is 3.24. The lowest BCUT2D eigenvalue weighted by Gasteiger charge is -2.19. The van der Waals surface area contributed by atoms with E-state index in [9.17, 15) is 9.59 Å². The summed E-state index contributed by atoms with van der Waals surface area (Å²) in [7, 11) is 1.85. The zero-order chi connectivity index (χ0) is 18.1. The van der Waals surface area contributed by atoms with E-state index in [0.717, 1.165) is 21.8 Å². The molecule has 0 spiro atoms. The van der Waals surface area contributed by atoms with Crippen molar-refractivity contribution in [3.05, 3.63) is 58.3 Å². The Labute approximate surface area is 153 Å². The van der Waals surface area contributed by atoms with E-state index in [2.05, 4.69) is 10.6 Å². The maximum Gasteiger partial charge on any atom is 0.275 e. The number of carbonyl (C=O) groups is 2. The molecule has 1 aromatic heterocycles. The van der Waals surface area contributed by atoms with Crippen LogP contribution in [-0.4, -0.2) is 38.5 Å². The van der Waals surface area contributed by atoms with Gasteiger partial charge in [-0.15, -0.1) is 11.3 Å². The summed E-state index contributed by atoms with van der Waals surface area (Å²) < 4.78 is 0. The average molecular weight is 361 g/mol. The minimum atomic E-state index is -0.157. The monoisotopic (exact) mass is 360 g/mol. The highest BCUT2D eigenvalue weighted by molar-refractivity contribution is 7.10. The molecule has 1 aromatic carbocycles. The number of benzene rings is 1. The molecule has 2 atom stereocenters. The van der Waals surface area contributed by atoms with Crippen molar-refractivity contribution in [2.45, 2.75) is 19.4 Å². The average Bonchev–Trinajstić information content (AvgIpc) is 3.12. The van der Waals surface area contributed by atoms with Crippen LogP contribution in [0.25, 0.3) is 0 Å². The topological polar surface area (TPSA) is 62.6 Å². The molecule has 0 saturated heterocycles. The molecule has 3 N–H and O–H groups in total. The third kappa shape index (κ3) is 6.32. The lowest BCUT2D eigenvalue weighted by molar-refractivity contribution is -0.862. The Kier molecular flexibility index (Phi) is 7.63. The highest BCUT2D eigenvalue weighted by Gasteiger charge is 2.20. The first-order valence-corrected chi connectivity index (χ1v) is 9.43. The van der Waals surface area contributed by atoms with E-state index >= 15 is 0 Å². The van der Waals surface area contributed by atoms with Gasteiger partial charge in [0.25, 0.3) is 11.8 Å². The van der Waals surface area contributed by atoms with Crippen molar-refractivity contribution in [3.63, 3.8) is 0 Å². The molecule has 5 nitrogen and oxygen atoms in total. The van der Waals surface area contributed by atoms with E-state index in [1.165, 1.54) is 0 Å². The largest absolute Gasteiger partial charge is 0.351 e. The molecule has 0 aliphatic carbocycles. The first-order chi connectivity index (χ1) is 12.1. The van der Waals surface area contributed by atoms with Gasteiger partial charge in [0.05, 0.1) is 13.1 Å². The third-order valence-corrected chi connectivity index (χ3v) is 4.70. The number of carbonyl (C=O) groups excluding carboxylic acids is 2. The third-order valence-electron chi connectivity index (χ3n) is 3.76. The molecule has 0 aliphatic rings. The molecule has 0 saturated carbocycles. The van der Waals surface area contributed by atoms with Crippen LogP contribution in [0.1, 0.15) is 29.8 Å². The molecule has 0 aliphatic heterocycles. The second kappa shape index (κ2) is 9.96. The van der Waals surface area contributed by atoms with Gasteiger partial charge in [-0.2, -0.15) is 0 Å². The number of hydrogen-bond donors (Lipinski definition) is 3. The standard InChI is InChI=1S/C19H25N3O2S/c1-3-11-20-17(23)13-22(2)14-18(24)21-19(16-10-7-12-25-16)15-8-5-4-6-9-15/h4-10,12,19H,3,11,13-14H2,1-2H3,(H,20,23)(H,21,24)/p+1/t19-/m0/s1. The number of quaternary nitrogens is 1. The summed E-state index contributed by atoms with van der Waals surface area (Å²) in [5.41, 5.74) is 1.05. The van der Waals surface area contributed by atoms with Gasteiger partial charge in [0.2, 0.25) is 0 Å². The van der Waals surface area contributed by atoms with Crippen LogP contribution >= 0.6 is 11.3 Å². The minimum absolute atomic E-state index is 0.0231. The van der Waals surface area contributed by atoms with Crippen LogP contribution in [0.15, 0.2) is 47.8 Å². The summed E-state index contributed by atoms with van der Waals surface area (Å²) >= 11 is 1.62. The number of hydrogen-bond acceptors (Lipinski definition) is 3. The fourth-order valence-electron chi connectivity index (χ4n) is 2.57. The zero-order valence-corrected chi connectivity index (χ0v) is 15.6. The van der Waals surface area contributed by atoms with E-state index in [1.807, 2.05) is 61.8 Å². The maximum atomic E-state index is 12.5. The predicted molar refractivity (Wildman–Crippen MR) is 101 cm³/mol. The summed E-state index contributed by atoms with van der Waals surface area (Å²) in [5.74, 6) is -0.0898. The van der Waals surface area contributed by atoms with Crippen LogP contribution in [0.2, 0.25) is 0 Å². The molecule has 6 heteroatoms. The smallest absolute Gasteiger partial charge is 0.275 e. The van der Waals surface area contributed by atoms with Crippen LogP contribution in [0.3, 0.4) is 0 Å². The normalized spacial score (nSPS) is 13.0. The van der Waals surface area contributed by atoms with Gasteiger partial charge in [0.15, 0.2) is 13.1 Å². The number of likely N-dealkylation sites (N-methyl/N-ethyl adjacent to an activating group) is 1. The first kappa shape index (κ1) is 19.1. The molecule has 0 fully saturated rings. The molecule has 25 heavy (non-hydrogen) atoms. The molecular weight excluding hydrogens is 334 g/mol. The van der Waals surface area contributed by atoms with Crippen molar-refractivity contribution < 1.29 is 14.5 Å². The number of nitrogens with one attached hydrogen (secondary N) is 3. The van der Waals surface area contributed by atoms with Crippen molar-refractivity contribution >= 4 is 23.2 Å². The van der Waals surface area contributed by atoms with Gasteiger partial charge < -0.3 is 15.5 Å². The van der Waals surface area contributed by atoms with E-state index in [4.69, 9.17) is 0 Å². The van der Waals surface area contributed by atoms with Crippen LogP contribution in [0.4, 0.5) is 0 Å². The molecule has 2 amide bonds. The van der Waals surface area contributed by atoms with Gasteiger partial charge >= 0.3 is 0 Å². The molecule has 2 rings (SSSR count). The minimum Gasteiger partial charge on any atom is -0.351 e. The first-order valence-electron chi connectivity index (χ1n) is 8.55. The highest BCUT2D eigenvalue weighted by atomic mass is 32.1. The Morgan fingerprint density at radius 3 is 2.44 bits per heavy atom. The quantitative estimate of drug-likeness (QED) is 0.625. The highest BCUT2D eigenvalue weighted by Crippen LogP contribution is 2.25. The second-order valence-electron chi connectivity index (χ2n) is 6.09. The lowest BCUT2D eigenvalue weighted by Crippen LogP contribution is -3.11. The van der Waals surface area contributed by atoms with Crippen LogP contribution in [0, 0.1) is 0 Å². The van der Waals surface area contributed by atoms with E-state index in [1.54, 1.807) is 11.3 Å². The van der Waals surface area contributed by atoms with Crippen molar-refractivity contribution in [1.82, 2.24) is 10.6 Å². The Balaban J connectivity index is 1.95. The Morgan fingerprint density at radius 1 is 1.08 bits per heavy atom.